The number of allylic oxidation sites excluding steroid dienone is 2. The van der Waals surface area contributed by atoms with E-state index in [1.165, 1.54) is 69.4 Å². The molecule has 5 heterocycles. The molecule has 30 nitrogen and oxygen atoms in total. The number of hydrogen-bond donors (Lipinski definition) is 11. The van der Waals surface area contributed by atoms with E-state index < -0.39 is 135 Å². The highest BCUT2D eigenvalue weighted by atomic mass is 16.7. The maximum Gasteiger partial charge on any atom is 0.410 e. The van der Waals surface area contributed by atoms with Crippen molar-refractivity contribution in [2.75, 3.05) is 55.9 Å². The number of fused-ring (bicyclic) bond motifs is 2. The molecule has 0 unspecified atom stereocenters. The number of urea groups is 1. The Balaban J connectivity index is 0.890. The number of piperidine rings is 1. The van der Waals surface area contributed by atoms with Crippen LogP contribution in [0.1, 0.15) is 118 Å². The third-order valence-corrected chi connectivity index (χ3v) is 20.5. The molecule has 570 valence electrons. The van der Waals surface area contributed by atoms with Crippen molar-refractivity contribution < 1.29 is 87.3 Å². The average molecular weight is 1470 g/mol. The van der Waals surface area contributed by atoms with Crippen LogP contribution in [0.25, 0.3) is 38.7 Å². The number of imide groups is 1. The predicted molar refractivity (Wildman–Crippen MR) is 394 cm³/mol. The van der Waals surface area contributed by atoms with Crippen molar-refractivity contribution in [2.24, 2.45) is 35.3 Å². The zero-order valence-corrected chi connectivity index (χ0v) is 61.4. The van der Waals surface area contributed by atoms with Crippen LogP contribution in [-0.2, 0) is 49.6 Å². The first-order valence-corrected chi connectivity index (χ1v) is 35.6. The molecule has 4 aliphatic heterocycles. The maximum absolute atomic E-state index is 15.1. The highest BCUT2D eigenvalue weighted by Gasteiger charge is 2.44. The highest BCUT2D eigenvalue weighted by Crippen LogP contribution is 2.43. The standard InChI is InChI=1S/C76H96N10O20/c1-38(2)59(81-53(88)20-13-12-14-31-86-54(89)25-26-55(86)90)73(99)80-49(19-16-30-78-74(77)100)72(98)79-46-23-21-45(22-24-46)37-103-75(101)84(10)47-27-32-85(33-28-47)48-35-50(87)60-52(36-48)105-69-61(82-60)56-57-66(94)44(8)68-58(56)70(96)76(9,106-68)104-34-29-51(102-11)41(5)64(92)43(7)65(93)42(6)63(91)39(3)17-15-18-40(4)71(97)83-62(69)67(57)95/h15,17-18,21-26,29,34-36,38-39,41-43,47,49,51,59,63-65,91-94,96H,12-14,16,19-20,27-28,30-33,37H2,1-11H3,(H,79,98)(H,80,99)(H,81,88)(H,83,97)(H3,77,78,100)/b17-15+,34-29+,40-18-/t39-,41+,42+,43-,49-,51-,59-,63-,64+,65+,76-/m0/s1. The van der Waals surface area contributed by atoms with Gasteiger partial charge in [0.05, 0.1) is 41.3 Å². The second kappa shape index (κ2) is 34.2. The molecule has 4 bridgehead atoms. The van der Waals surface area contributed by atoms with E-state index in [0.717, 1.165) is 4.90 Å². The first kappa shape index (κ1) is 79.7. The Morgan fingerprint density at radius 2 is 1.51 bits per heavy atom. The van der Waals surface area contributed by atoms with Gasteiger partial charge in [-0.15, -0.1) is 0 Å². The number of phenolic OH excluding ortho intramolecular Hbond substituents is 1. The van der Waals surface area contributed by atoms with E-state index >= 15 is 4.79 Å². The van der Waals surface area contributed by atoms with Crippen molar-refractivity contribution >= 4 is 103 Å². The Labute approximate surface area is 611 Å². The number of nitrogens with zero attached hydrogens (tertiary/aromatic N) is 4. The van der Waals surface area contributed by atoms with Gasteiger partial charge in [0.1, 0.15) is 41.4 Å². The zero-order valence-electron chi connectivity index (χ0n) is 61.4. The fraction of sp³-hybridized carbons (Fsp3) is 0.487. The van der Waals surface area contributed by atoms with E-state index in [0.29, 0.717) is 62.1 Å². The van der Waals surface area contributed by atoms with Crippen LogP contribution in [0.2, 0.25) is 0 Å². The van der Waals surface area contributed by atoms with Crippen LogP contribution < -0.4 is 58.0 Å². The minimum atomic E-state index is -2.04. The lowest BCUT2D eigenvalue weighted by Crippen LogP contribution is -2.54. The number of nitrogens with one attached hydrogen (secondary N) is 5. The second-order valence-corrected chi connectivity index (χ2v) is 28.3. The lowest BCUT2D eigenvalue weighted by molar-refractivity contribution is -0.137. The number of carbonyl (C=O) groups is 8. The van der Waals surface area contributed by atoms with Crippen LogP contribution >= 0.6 is 0 Å². The van der Waals surface area contributed by atoms with Gasteiger partial charge in [0.2, 0.25) is 28.6 Å². The SMILES string of the molecule is CO[C@H]1/C=C/O[C@@]2(C)Oc3c(C)c(O)c4c(=O)c(c5oc6cc(N7CCC(N(C)C(=O)OCc8ccc(NC(=O)[C@H](CCCNC(N)=O)NC(=O)[C@@H](NC(=O)CCCCCN9C(=O)C=CC9=O)C(C)C)cc8)CC7)cc(=O)c6nc5c4c3=C2O)NC(=O)/C(C)=C\C=C\[C@H](C)[C@H](O)[C@@H](C)[C@@H](O)[C@@H](C)[C@H](O)[C@@H]1C. The summed E-state index contributed by atoms with van der Waals surface area (Å²) in [4.78, 5) is 143. The van der Waals surface area contributed by atoms with Crippen molar-refractivity contribution in [3.8, 4) is 11.5 Å². The molecule has 9 amide bonds. The second-order valence-electron chi connectivity index (χ2n) is 28.3. The van der Waals surface area contributed by atoms with Crippen LogP contribution in [-0.4, -0.2) is 177 Å². The minimum Gasteiger partial charge on any atom is -0.507 e. The number of carbonyl (C=O) groups excluding carboxylic acids is 8. The van der Waals surface area contributed by atoms with E-state index in [1.54, 1.807) is 91.1 Å². The molecule has 5 aromatic rings. The summed E-state index contributed by atoms with van der Waals surface area (Å²) in [7, 11) is 3.03. The molecule has 4 aliphatic rings. The highest BCUT2D eigenvalue weighted by molar-refractivity contribution is 6.17. The number of benzene rings is 4. The van der Waals surface area contributed by atoms with Crippen molar-refractivity contribution in [1.29, 1.82) is 0 Å². The molecule has 12 N–H and O–H groups in total. The molecule has 106 heavy (non-hydrogen) atoms. The van der Waals surface area contributed by atoms with E-state index in [4.69, 9.17) is 34.1 Å². The molecule has 11 atom stereocenters. The number of unbranched alkanes of at least 4 members (excludes halogenated alkanes) is 2. The molecule has 1 aromatic heterocycles. The number of phenols is 1. The van der Waals surface area contributed by atoms with Gasteiger partial charge in [0.25, 0.3) is 17.7 Å². The Morgan fingerprint density at radius 1 is 0.840 bits per heavy atom. The van der Waals surface area contributed by atoms with Gasteiger partial charge in [0.15, 0.2) is 22.4 Å². The average Bonchev–Trinajstić information content (AvgIpc) is 1.48. The summed E-state index contributed by atoms with van der Waals surface area (Å²) in [6.45, 7) is 15.5. The number of rotatable bonds is 21. The van der Waals surface area contributed by atoms with Gasteiger partial charge < -0.3 is 91.0 Å². The first-order valence-electron chi connectivity index (χ1n) is 35.6. The number of nitrogens with two attached hydrogens (primary N) is 1. The number of aliphatic hydroxyl groups is 4. The molecular weight excluding hydrogens is 1370 g/mol. The fourth-order valence-corrected chi connectivity index (χ4v) is 13.7. The van der Waals surface area contributed by atoms with E-state index in [2.05, 4.69) is 26.6 Å². The van der Waals surface area contributed by atoms with Crippen molar-refractivity contribution in [3.63, 3.8) is 0 Å². The molecule has 0 aliphatic carbocycles. The van der Waals surface area contributed by atoms with Crippen molar-refractivity contribution in [1.82, 2.24) is 30.7 Å². The van der Waals surface area contributed by atoms with Crippen LogP contribution in [0, 0.1) is 36.5 Å². The molecule has 0 radical (unpaired) electrons. The van der Waals surface area contributed by atoms with Gasteiger partial charge in [-0.2, -0.15) is 0 Å². The maximum atomic E-state index is 15.1. The zero-order chi connectivity index (χ0) is 77.3. The van der Waals surface area contributed by atoms with Crippen LogP contribution in [0.4, 0.5) is 26.7 Å². The molecule has 0 spiro atoms. The molecular formula is C76H96N10O20. The quantitative estimate of drug-likeness (QED) is 0.0181. The molecule has 1 fully saturated rings. The Kier molecular flexibility index (Phi) is 25.7. The summed E-state index contributed by atoms with van der Waals surface area (Å²) in [6.07, 6.45) is 7.62. The molecule has 4 aromatic carbocycles. The van der Waals surface area contributed by atoms with Gasteiger partial charge >= 0.3 is 17.9 Å². The smallest absolute Gasteiger partial charge is 0.410 e. The van der Waals surface area contributed by atoms with E-state index in [1.807, 2.05) is 4.90 Å². The van der Waals surface area contributed by atoms with E-state index in [9.17, 15) is 68.7 Å². The number of primary amides is 1. The monoisotopic (exact) mass is 1470 g/mol. The Morgan fingerprint density at radius 3 is 2.17 bits per heavy atom. The summed E-state index contributed by atoms with van der Waals surface area (Å²) in [5.74, 6) is -9.53. The Bertz CT molecular complexity index is 4490. The number of methoxy groups -OCH3 is 1. The topological polar surface area (TPSA) is 431 Å². The van der Waals surface area contributed by atoms with Gasteiger partial charge in [-0.05, 0) is 82.1 Å². The molecule has 30 heteroatoms. The minimum absolute atomic E-state index is 0.00390. The number of ether oxygens (including phenoxy) is 4. The van der Waals surface area contributed by atoms with E-state index in [-0.39, 0.29) is 112 Å². The van der Waals surface area contributed by atoms with Gasteiger partial charge in [0, 0.05) is 136 Å². The Hall–Kier alpha value is -10.4. The van der Waals surface area contributed by atoms with Gasteiger partial charge in [-0.3, -0.25) is 43.3 Å². The summed E-state index contributed by atoms with van der Waals surface area (Å²) >= 11 is 0. The van der Waals surface area contributed by atoms with Crippen LogP contribution in [0.3, 0.4) is 0 Å². The first-order chi connectivity index (χ1) is 50.2. The third-order valence-electron chi connectivity index (χ3n) is 20.5. The van der Waals surface area contributed by atoms with Gasteiger partial charge in [-0.25, -0.2) is 14.6 Å². The predicted octanol–water partition coefficient (Wildman–Crippen LogP) is 5.72. The summed E-state index contributed by atoms with van der Waals surface area (Å²) < 4.78 is 30.5. The third kappa shape index (κ3) is 17.7. The number of hydrogen-bond acceptors (Lipinski definition) is 22. The summed E-state index contributed by atoms with van der Waals surface area (Å²) in [5.41, 5.74) is 3.80. The number of aromatic hydroxyl groups is 1. The fourth-order valence-electron chi connectivity index (χ4n) is 13.7. The molecule has 1 saturated heterocycles. The number of aliphatic hydroxyl groups excluding tert-OH is 4. The molecule has 9 rings (SSSR count). The molecule has 0 saturated carbocycles. The van der Waals surface area contributed by atoms with Gasteiger partial charge in [-0.1, -0.05) is 78.3 Å². The number of amides is 9. The largest absolute Gasteiger partial charge is 0.507 e. The van der Waals surface area contributed by atoms with Crippen LogP contribution in [0.5, 0.6) is 11.5 Å². The summed E-state index contributed by atoms with van der Waals surface area (Å²) in [5, 5.41) is 71.5. The van der Waals surface area contributed by atoms with Crippen molar-refractivity contribution in [3.05, 3.63) is 121 Å². The lowest BCUT2D eigenvalue weighted by atomic mass is 9.78. The normalized spacial score (nSPS) is 24.1. The number of aromatic nitrogens is 1. The van der Waals surface area contributed by atoms with Crippen molar-refractivity contribution in [2.45, 2.75) is 169 Å². The summed E-state index contributed by atoms with van der Waals surface area (Å²) in [6, 6.07) is 6.23. The van der Waals surface area contributed by atoms with Crippen LogP contribution in [0.15, 0.2) is 98.7 Å². The lowest BCUT2D eigenvalue weighted by Gasteiger charge is -2.37. The number of anilines is 3.